The van der Waals surface area contributed by atoms with Crippen molar-refractivity contribution in [1.29, 1.82) is 0 Å². The molecule has 0 N–H and O–H groups in total. The molecule has 0 radical (unpaired) electrons. The van der Waals surface area contributed by atoms with E-state index in [0.29, 0.717) is 0 Å². The van der Waals surface area contributed by atoms with E-state index in [1.807, 2.05) is 0 Å². The van der Waals surface area contributed by atoms with Gasteiger partial charge in [-0.2, -0.15) is 0 Å². The van der Waals surface area contributed by atoms with E-state index in [1.54, 1.807) is 0 Å². The molecule has 19 rings (SSSR count). The molecule has 440 valence electrons. The average Bonchev–Trinajstić information content (AvgIpc) is 1.54. The van der Waals surface area contributed by atoms with Crippen molar-refractivity contribution in [1.82, 2.24) is 9.13 Å². The number of para-hydroxylation sites is 2. The molecule has 2 heteroatoms. The Morgan fingerprint density at radius 3 is 1.13 bits per heavy atom. The second kappa shape index (κ2) is 20.0. The minimum Gasteiger partial charge on any atom is -0.309 e. The summed E-state index contributed by atoms with van der Waals surface area (Å²) in [6, 6.07) is 106. The van der Waals surface area contributed by atoms with Crippen LogP contribution in [0.5, 0.6) is 0 Å². The SMILES string of the molecule is CC1(C)c2ccccc2-c2ccc(-n3c4ccccc4c4cc(C=Cc5ccc(-c6ccc7c(c6)C6(CCc8ccccc86)c6cc(-c8ccc(C=Cc9ccc%10c(c9)c9ccccc9n%10-c9ccc%10c(c9)C(C)(C)c9ccccc9-%10)cc8)ccc6-7)cc5)ccc43)cc21. The van der Waals surface area contributed by atoms with Gasteiger partial charge in [0.05, 0.1) is 22.1 Å². The highest BCUT2D eigenvalue weighted by atomic mass is 15.0. The van der Waals surface area contributed by atoms with Gasteiger partial charge in [-0.1, -0.05) is 258 Å². The van der Waals surface area contributed by atoms with E-state index in [9.17, 15) is 0 Å². The van der Waals surface area contributed by atoms with Gasteiger partial charge in [-0.25, -0.2) is 0 Å². The lowest BCUT2D eigenvalue weighted by atomic mass is 9.72. The molecule has 0 bridgehead atoms. The first-order chi connectivity index (χ1) is 45.6. The van der Waals surface area contributed by atoms with Gasteiger partial charge in [0.1, 0.15) is 0 Å². The highest BCUT2D eigenvalue weighted by Gasteiger charge is 2.49. The monoisotopic (exact) mass is 1190 g/mol. The van der Waals surface area contributed by atoms with Crippen LogP contribution in [-0.4, -0.2) is 9.13 Å². The van der Waals surface area contributed by atoms with Crippen molar-refractivity contribution in [3.05, 3.63) is 346 Å². The summed E-state index contributed by atoms with van der Waals surface area (Å²) in [6.07, 6.45) is 11.2. The Labute approximate surface area is 543 Å². The summed E-state index contributed by atoms with van der Waals surface area (Å²) in [7, 11) is 0. The summed E-state index contributed by atoms with van der Waals surface area (Å²) >= 11 is 0. The topological polar surface area (TPSA) is 9.86 Å². The van der Waals surface area contributed by atoms with Crippen molar-refractivity contribution in [3.63, 3.8) is 0 Å². The Balaban J connectivity index is 0.590. The van der Waals surface area contributed by atoms with E-state index in [4.69, 9.17) is 0 Å². The molecule has 93 heavy (non-hydrogen) atoms. The largest absolute Gasteiger partial charge is 0.309 e. The van der Waals surface area contributed by atoms with E-state index >= 15 is 0 Å². The molecule has 2 nitrogen and oxygen atoms in total. The van der Waals surface area contributed by atoms with Crippen molar-refractivity contribution in [3.8, 4) is 67.0 Å². The molecule has 0 aliphatic heterocycles. The number of rotatable bonds is 8. The number of fused-ring (bicyclic) bond motifs is 19. The van der Waals surface area contributed by atoms with Crippen LogP contribution in [0, 0.1) is 0 Å². The molecular formula is C91H66N2. The number of nitrogens with zero attached hydrogens (tertiary/aromatic N) is 2. The summed E-state index contributed by atoms with van der Waals surface area (Å²) in [6.45, 7) is 9.45. The molecule has 2 aromatic heterocycles. The van der Waals surface area contributed by atoms with E-state index in [2.05, 4.69) is 340 Å². The maximum Gasteiger partial charge on any atom is 0.0541 e. The van der Waals surface area contributed by atoms with Crippen molar-refractivity contribution in [2.45, 2.75) is 56.8 Å². The van der Waals surface area contributed by atoms with E-state index in [1.165, 1.54) is 177 Å². The molecule has 13 aromatic carbocycles. The third kappa shape index (κ3) is 7.95. The quantitative estimate of drug-likeness (QED) is 0.134. The van der Waals surface area contributed by atoms with Crippen LogP contribution in [0.25, 0.3) is 135 Å². The Morgan fingerprint density at radius 2 is 0.634 bits per heavy atom. The predicted octanol–water partition coefficient (Wildman–Crippen LogP) is 23.4. The third-order valence-corrected chi connectivity index (χ3v) is 22.0. The lowest BCUT2D eigenvalue weighted by molar-refractivity contribution is 0.626. The fourth-order valence-electron chi connectivity index (χ4n) is 17.3. The molecule has 0 saturated carbocycles. The molecule has 4 aliphatic carbocycles. The zero-order valence-corrected chi connectivity index (χ0v) is 52.7. The van der Waals surface area contributed by atoms with Gasteiger partial charge in [0, 0.05) is 49.2 Å². The summed E-state index contributed by atoms with van der Waals surface area (Å²) in [5, 5.41) is 5.05. The number of hydrogen-bond donors (Lipinski definition) is 0. The molecular weight excluding hydrogens is 1120 g/mol. The Kier molecular flexibility index (Phi) is 11.5. The molecule has 0 unspecified atom stereocenters. The van der Waals surface area contributed by atoms with Crippen molar-refractivity contribution in [2.75, 3.05) is 0 Å². The average molecular weight is 1190 g/mol. The van der Waals surface area contributed by atoms with Crippen LogP contribution in [0.4, 0.5) is 0 Å². The van der Waals surface area contributed by atoms with Crippen LogP contribution in [-0.2, 0) is 22.7 Å². The zero-order chi connectivity index (χ0) is 61.9. The second-order valence-electron chi connectivity index (χ2n) is 27.6. The Bertz CT molecular complexity index is 5400. The number of aryl methyl sites for hydroxylation is 1. The van der Waals surface area contributed by atoms with E-state index < -0.39 is 0 Å². The smallest absolute Gasteiger partial charge is 0.0541 e. The molecule has 0 atom stereocenters. The molecule has 0 amide bonds. The highest BCUT2D eigenvalue weighted by Crippen LogP contribution is 2.60. The molecule has 0 fully saturated rings. The van der Waals surface area contributed by atoms with E-state index in [0.717, 1.165) is 12.8 Å². The van der Waals surface area contributed by atoms with Gasteiger partial charge in [0.15, 0.2) is 0 Å². The van der Waals surface area contributed by atoms with Gasteiger partial charge in [-0.3, -0.25) is 0 Å². The van der Waals surface area contributed by atoms with Gasteiger partial charge in [-0.15, -0.1) is 0 Å². The summed E-state index contributed by atoms with van der Waals surface area (Å²) in [4.78, 5) is 0. The fraction of sp³-hybridized carbons (Fsp3) is 0.0989. The first-order valence-corrected chi connectivity index (χ1v) is 33.1. The van der Waals surface area contributed by atoms with E-state index in [-0.39, 0.29) is 16.2 Å². The van der Waals surface area contributed by atoms with Crippen LogP contribution in [0.3, 0.4) is 0 Å². The van der Waals surface area contributed by atoms with Crippen molar-refractivity contribution < 1.29 is 0 Å². The zero-order valence-electron chi connectivity index (χ0n) is 52.7. The molecule has 1 spiro atoms. The molecule has 4 aliphatic rings. The molecule has 0 saturated heterocycles. The summed E-state index contributed by atoms with van der Waals surface area (Å²) < 4.78 is 4.91. The van der Waals surface area contributed by atoms with Crippen LogP contribution >= 0.6 is 0 Å². The van der Waals surface area contributed by atoms with Gasteiger partial charge < -0.3 is 9.13 Å². The minimum atomic E-state index is -0.227. The maximum atomic E-state index is 2.52. The lowest BCUT2D eigenvalue weighted by Crippen LogP contribution is -2.23. The van der Waals surface area contributed by atoms with Crippen LogP contribution in [0.2, 0.25) is 0 Å². The molecule has 15 aromatic rings. The lowest BCUT2D eigenvalue weighted by Gasteiger charge is -2.29. The van der Waals surface area contributed by atoms with Crippen LogP contribution in [0.15, 0.2) is 279 Å². The van der Waals surface area contributed by atoms with Gasteiger partial charge >= 0.3 is 0 Å². The highest BCUT2D eigenvalue weighted by molar-refractivity contribution is 6.11. The number of hydrogen-bond acceptors (Lipinski definition) is 0. The van der Waals surface area contributed by atoms with Gasteiger partial charge in [-0.05, 0) is 208 Å². The minimum absolute atomic E-state index is 0.0677. The predicted molar refractivity (Wildman–Crippen MR) is 392 cm³/mol. The van der Waals surface area contributed by atoms with Crippen LogP contribution < -0.4 is 0 Å². The maximum absolute atomic E-state index is 2.52. The van der Waals surface area contributed by atoms with Gasteiger partial charge in [0.2, 0.25) is 0 Å². The first kappa shape index (κ1) is 53.7. The second-order valence-corrected chi connectivity index (χ2v) is 27.6. The summed E-state index contributed by atoms with van der Waals surface area (Å²) in [5.74, 6) is 0. The Morgan fingerprint density at radius 1 is 0.269 bits per heavy atom. The fourth-order valence-corrected chi connectivity index (χ4v) is 17.3. The number of aromatic nitrogens is 2. The van der Waals surface area contributed by atoms with Crippen LogP contribution in [0.1, 0.15) is 101 Å². The number of benzene rings is 13. The van der Waals surface area contributed by atoms with Gasteiger partial charge in [0.25, 0.3) is 0 Å². The van der Waals surface area contributed by atoms with Crippen molar-refractivity contribution >= 4 is 67.9 Å². The normalized spacial score (nSPS) is 16.0. The standard InChI is InChI=1S/C91H66N2/c1-89(2)79-21-11-6-16-68(79)70-45-41-66(55-81(70)89)92-85-23-13-8-18-74(85)76-51-59(33-47-87(76)92)27-25-57-29-35-61(36-30-57)64-39-43-72-73-44-40-65(54-84(73)91(83(72)53-64)50-49-63-15-5-10-20-78(63)91)62-37-31-58(32-38-62)26-28-60-34-48-88-77(52-60)75-19-9-14-24-86(75)93(88)67-42-46-71-69-17-7-12-22-80(69)90(3,4)82(71)56-67/h5-48,51-56H,49-50H2,1-4H3. The third-order valence-electron chi connectivity index (χ3n) is 22.0. The first-order valence-electron chi connectivity index (χ1n) is 33.1. The van der Waals surface area contributed by atoms with Crippen molar-refractivity contribution in [2.24, 2.45) is 0 Å². The summed E-state index contributed by atoms with van der Waals surface area (Å²) in [5.41, 5.74) is 36.0. The Hall–Kier alpha value is -11.1. The molecule has 2 heterocycles.